The number of rotatable bonds is 6. The van der Waals surface area contributed by atoms with E-state index in [0.717, 1.165) is 49.3 Å². The maximum absolute atomic E-state index is 6.32. The van der Waals surface area contributed by atoms with E-state index in [2.05, 4.69) is 18.4 Å². The van der Waals surface area contributed by atoms with E-state index >= 15 is 0 Å². The summed E-state index contributed by atoms with van der Waals surface area (Å²) in [5.41, 5.74) is 7.86. The van der Waals surface area contributed by atoms with Gasteiger partial charge in [-0.05, 0) is 18.9 Å². The Morgan fingerprint density at radius 1 is 1.19 bits per heavy atom. The van der Waals surface area contributed by atoms with Crippen LogP contribution in [0.2, 0.25) is 10.0 Å². The summed E-state index contributed by atoms with van der Waals surface area (Å²) < 4.78 is 2.11. The second kappa shape index (κ2) is 7.19. The number of halogens is 2. The first kappa shape index (κ1) is 16.2. The summed E-state index contributed by atoms with van der Waals surface area (Å²) in [4.78, 5) is 4.72. The van der Waals surface area contributed by atoms with Gasteiger partial charge >= 0.3 is 0 Å². The van der Waals surface area contributed by atoms with Crippen LogP contribution < -0.4 is 5.73 Å². The van der Waals surface area contributed by atoms with E-state index in [1.807, 2.05) is 12.1 Å². The van der Waals surface area contributed by atoms with Crippen LogP contribution in [0.15, 0.2) is 18.2 Å². The Labute approximate surface area is 136 Å². The number of hydrogen-bond acceptors (Lipinski definition) is 2. The Kier molecular flexibility index (Phi) is 5.54. The molecule has 2 rings (SSSR count). The van der Waals surface area contributed by atoms with Gasteiger partial charge in [0.25, 0.3) is 0 Å². The van der Waals surface area contributed by atoms with Crippen LogP contribution in [0.25, 0.3) is 11.3 Å². The van der Waals surface area contributed by atoms with E-state index in [0.29, 0.717) is 15.9 Å². The highest BCUT2D eigenvalue weighted by Crippen LogP contribution is 2.36. The highest BCUT2D eigenvalue weighted by Gasteiger charge is 2.18. The minimum Gasteiger partial charge on any atom is -0.383 e. The molecule has 0 aliphatic rings. The lowest BCUT2D eigenvalue weighted by Gasteiger charge is -2.09. The molecule has 1 heterocycles. The van der Waals surface area contributed by atoms with Crippen molar-refractivity contribution < 1.29 is 0 Å². The number of unbranched alkanes of at least 4 members (excludes halogenated alkanes) is 1. The lowest BCUT2D eigenvalue weighted by molar-refractivity contribution is 0.604. The van der Waals surface area contributed by atoms with Gasteiger partial charge in [0.1, 0.15) is 17.3 Å². The van der Waals surface area contributed by atoms with Crippen molar-refractivity contribution in [2.45, 2.75) is 46.1 Å². The summed E-state index contributed by atoms with van der Waals surface area (Å²) in [5.74, 6) is 1.70. The Morgan fingerprint density at radius 3 is 2.62 bits per heavy atom. The molecule has 0 saturated heterocycles. The topological polar surface area (TPSA) is 43.8 Å². The van der Waals surface area contributed by atoms with E-state index in [-0.39, 0.29) is 0 Å². The third-order valence-electron chi connectivity index (χ3n) is 3.50. The van der Waals surface area contributed by atoms with Gasteiger partial charge in [0, 0.05) is 18.5 Å². The molecule has 0 fully saturated rings. The molecular formula is C16H21Cl2N3. The van der Waals surface area contributed by atoms with Crippen molar-refractivity contribution in [3.8, 4) is 11.3 Å². The molecule has 0 unspecified atom stereocenters. The Balaban J connectivity index is 2.51. The van der Waals surface area contributed by atoms with Crippen molar-refractivity contribution in [1.29, 1.82) is 0 Å². The summed E-state index contributed by atoms with van der Waals surface area (Å²) in [6.07, 6.45) is 4.15. The van der Waals surface area contributed by atoms with Crippen molar-refractivity contribution >= 4 is 29.0 Å². The number of nitrogens with two attached hydrogens (primary N) is 1. The monoisotopic (exact) mass is 325 g/mol. The summed E-state index contributed by atoms with van der Waals surface area (Å²) in [5, 5.41) is 1.03. The zero-order chi connectivity index (χ0) is 15.4. The van der Waals surface area contributed by atoms with Crippen LogP contribution in [0.3, 0.4) is 0 Å². The first-order chi connectivity index (χ1) is 10.1. The van der Waals surface area contributed by atoms with Crippen LogP contribution >= 0.6 is 23.2 Å². The number of anilines is 1. The molecule has 0 atom stereocenters. The van der Waals surface area contributed by atoms with Crippen molar-refractivity contribution in [2.75, 3.05) is 5.73 Å². The molecule has 2 N–H and O–H groups in total. The van der Waals surface area contributed by atoms with Gasteiger partial charge in [0.2, 0.25) is 0 Å². The number of aromatic nitrogens is 2. The zero-order valence-electron chi connectivity index (χ0n) is 12.5. The molecule has 114 valence electrons. The van der Waals surface area contributed by atoms with Gasteiger partial charge in [0.05, 0.1) is 10.0 Å². The van der Waals surface area contributed by atoms with Crippen molar-refractivity contribution in [2.24, 2.45) is 0 Å². The average Bonchev–Trinajstić information content (AvgIpc) is 2.77. The van der Waals surface area contributed by atoms with Crippen LogP contribution in [0, 0.1) is 0 Å². The van der Waals surface area contributed by atoms with Crippen LogP contribution in [0.4, 0.5) is 5.82 Å². The normalized spacial score (nSPS) is 11.0. The summed E-state index contributed by atoms with van der Waals surface area (Å²) in [6, 6.07) is 5.55. The number of imidazole rings is 1. The Bertz CT molecular complexity index is 620. The molecule has 1 aromatic carbocycles. The molecule has 1 aromatic heterocycles. The summed E-state index contributed by atoms with van der Waals surface area (Å²) in [6.45, 7) is 5.20. The molecule has 2 aromatic rings. The fourth-order valence-corrected chi connectivity index (χ4v) is 2.77. The quantitative estimate of drug-likeness (QED) is 0.793. The number of benzene rings is 1. The predicted molar refractivity (Wildman–Crippen MR) is 91.0 cm³/mol. The molecule has 0 radical (unpaired) electrons. The lowest BCUT2D eigenvalue weighted by Crippen LogP contribution is -2.07. The first-order valence-corrected chi connectivity index (χ1v) is 8.15. The molecule has 0 bridgehead atoms. The third-order valence-corrected chi connectivity index (χ3v) is 4.32. The van der Waals surface area contributed by atoms with Crippen LogP contribution in [-0.4, -0.2) is 9.55 Å². The van der Waals surface area contributed by atoms with Crippen LogP contribution in [0.5, 0.6) is 0 Å². The van der Waals surface area contributed by atoms with Gasteiger partial charge in [-0.15, -0.1) is 0 Å². The minimum absolute atomic E-state index is 0.508. The van der Waals surface area contributed by atoms with Gasteiger partial charge in [0.15, 0.2) is 0 Å². The van der Waals surface area contributed by atoms with Crippen LogP contribution in [-0.2, 0) is 13.0 Å². The van der Waals surface area contributed by atoms with Crippen molar-refractivity contribution in [1.82, 2.24) is 9.55 Å². The van der Waals surface area contributed by atoms with Gasteiger partial charge in [-0.25, -0.2) is 4.98 Å². The largest absolute Gasteiger partial charge is 0.383 e. The third kappa shape index (κ3) is 3.35. The summed E-state index contributed by atoms with van der Waals surface area (Å²) in [7, 11) is 0. The lowest BCUT2D eigenvalue weighted by atomic mass is 10.1. The SMILES string of the molecule is CCCCn1c(CCC)nc(-c2cccc(Cl)c2Cl)c1N. The zero-order valence-corrected chi connectivity index (χ0v) is 14.0. The maximum atomic E-state index is 6.32. The molecule has 0 saturated carbocycles. The van der Waals surface area contributed by atoms with E-state index in [4.69, 9.17) is 33.9 Å². The molecule has 0 aliphatic heterocycles. The van der Waals surface area contributed by atoms with Gasteiger partial charge in [-0.2, -0.15) is 0 Å². The molecule has 5 heteroatoms. The second-order valence-electron chi connectivity index (χ2n) is 5.12. The molecule has 21 heavy (non-hydrogen) atoms. The number of aryl methyl sites for hydroxylation is 1. The minimum atomic E-state index is 0.508. The van der Waals surface area contributed by atoms with E-state index < -0.39 is 0 Å². The number of nitrogen functional groups attached to an aromatic ring is 1. The highest BCUT2D eigenvalue weighted by atomic mass is 35.5. The van der Waals surface area contributed by atoms with Crippen molar-refractivity contribution in [3.63, 3.8) is 0 Å². The van der Waals surface area contributed by atoms with E-state index in [9.17, 15) is 0 Å². The molecule has 0 amide bonds. The standard InChI is InChI=1S/C16H21Cl2N3/c1-3-5-10-21-13(7-4-2)20-15(16(21)19)11-8-6-9-12(17)14(11)18/h6,8-9H,3-5,7,10,19H2,1-2H3. The molecule has 3 nitrogen and oxygen atoms in total. The Morgan fingerprint density at radius 2 is 1.95 bits per heavy atom. The van der Waals surface area contributed by atoms with Gasteiger partial charge in [-0.1, -0.05) is 55.6 Å². The molecular weight excluding hydrogens is 305 g/mol. The second-order valence-corrected chi connectivity index (χ2v) is 5.90. The fraction of sp³-hybridized carbons (Fsp3) is 0.438. The average molecular weight is 326 g/mol. The van der Waals surface area contributed by atoms with Gasteiger partial charge in [-0.3, -0.25) is 0 Å². The smallest absolute Gasteiger partial charge is 0.131 e. The molecule has 0 spiro atoms. The number of nitrogens with zero attached hydrogens (tertiary/aromatic N) is 2. The maximum Gasteiger partial charge on any atom is 0.131 e. The Hall–Kier alpha value is -1.19. The van der Waals surface area contributed by atoms with Gasteiger partial charge < -0.3 is 10.3 Å². The number of hydrogen-bond donors (Lipinski definition) is 1. The highest BCUT2D eigenvalue weighted by molar-refractivity contribution is 6.43. The fourth-order valence-electron chi connectivity index (χ4n) is 2.38. The van der Waals surface area contributed by atoms with Crippen molar-refractivity contribution in [3.05, 3.63) is 34.1 Å². The summed E-state index contributed by atoms with van der Waals surface area (Å²) >= 11 is 12.4. The van der Waals surface area contributed by atoms with E-state index in [1.54, 1.807) is 6.07 Å². The predicted octanol–water partition coefficient (Wildman–Crippen LogP) is 5.19. The van der Waals surface area contributed by atoms with Crippen LogP contribution in [0.1, 0.15) is 38.9 Å². The first-order valence-electron chi connectivity index (χ1n) is 7.39. The van der Waals surface area contributed by atoms with E-state index in [1.165, 1.54) is 0 Å². The molecule has 0 aliphatic carbocycles.